The van der Waals surface area contributed by atoms with Crippen LogP contribution in [0.2, 0.25) is 0 Å². The van der Waals surface area contributed by atoms with Gasteiger partial charge in [0.15, 0.2) is 0 Å². The Labute approximate surface area is 163 Å². The minimum Gasteiger partial charge on any atom is -0.473 e. The molecule has 0 saturated heterocycles. The summed E-state index contributed by atoms with van der Waals surface area (Å²) < 4.78 is 9.18. The molecule has 2 aliphatic rings. The standard InChI is InChI=1S/2C8H13NO2.C2H2O4/c2*1-6-3-7(5-9-4-6)8(10)11-2;3-1(4)2(5)6/h2*3,6,9H,4-5H2,1-2H3;(H,3,4)(H,5,6). The van der Waals surface area contributed by atoms with Crippen molar-refractivity contribution in [3.8, 4) is 0 Å². The number of carbonyl (C=O) groups is 4. The molecular weight excluding hydrogens is 372 g/mol. The third kappa shape index (κ3) is 10.4. The highest BCUT2D eigenvalue weighted by Gasteiger charge is 2.15. The van der Waals surface area contributed by atoms with Crippen LogP contribution >= 0.6 is 0 Å². The summed E-state index contributed by atoms with van der Waals surface area (Å²) in [7, 11) is 2.81. The highest BCUT2D eigenvalue weighted by Crippen LogP contribution is 2.08. The molecule has 0 fully saturated rings. The van der Waals surface area contributed by atoms with Gasteiger partial charge < -0.3 is 30.3 Å². The van der Waals surface area contributed by atoms with Crippen LogP contribution in [-0.4, -0.2) is 74.5 Å². The van der Waals surface area contributed by atoms with Crippen molar-refractivity contribution >= 4 is 23.9 Å². The summed E-state index contributed by atoms with van der Waals surface area (Å²) in [6.45, 7) is 7.29. The average molecular weight is 400 g/mol. The van der Waals surface area contributed by atoms with E-state index < -0.39 is 11.9 Å². The fraction of sp³-hybridized carbons (Fsp3) is 0.556. The van der Waals surface area contributed by atoms with Gasteiger partial charge in [-0.25, -0.2) is 19.2 Å². The second-order valence-corrected chi connectivity index (χ2v) is 6.19. The van der Waals surface area contributed by atoms with Gasteiger partial charge in [0.2, 0.25) is 0 Å². The second kappa shape index (κ2) is 13.4. The third-order valence-corrected chi connectivity index (χ3v) is 3.61. The Kier molecular flexibility index (Phi) is 12.1. The van der Waals surface area contributed by atoms with Crippen molar-refractivity contribution < 1.29 is 38.9 Å². The normalized spacial score (nSPS) is 20.6. The fourth-order valence-corrected chi connectivity index (χ4v) is 2.33. The molecule has 0 radical (unpaired) electrons. The van der Waals surface area contributed by atoms with E-state index in [0.717, 1.165) is 24.2 Å². The number of methoxy groups -OCH3 is 2. The molecule has 0 spiro atoms. The van der Waals surface area contributed by atoms with Gasteiger partial charge in [-0.05, 0) is 11.8 Å². The monoisotopic (exact) mass is 400 g/mol. The van der Waals surface area contributed by atoms with Crippen molar-refractivity contribution in [2.45, 2.75) is 13.8 Å². The van der Waals surface area contributed by atoms with E-state index in [2.05, 4.69) is 34.0 Å². The summed E-state index contributed by atoms with van der Waals surface area (Å²) in [4.78, 5) is 40.2. The van der Waals surface area contributed by atoms with Crippen molar-refractivity contribution in [2.24, 2.45) is 11.8 Å². The molecule has 0 aromatic rings. The summed E-state index contributed by atoms with van der Waals surface area (Å²) in [6, 6.07) is 0. The smallest absolute Gasteiger partial charge is 0.414 e. The van der Waals surface area contributed by atoms with Crippen LogP contribution in [-0.2, 0) is 28.7 Å². The molecule has 10 nitrogen and oxygen atoms in total. The molecule has 0 aliphatic carbocycles. The Balaban J connectivity index is 0.000000411. The van der Waals surface area contributed by atoms with Gasteiger partial charge in [0, 0.05) is 37.3 Å². The zero-order valence-corrected chi connectivity index (χ0v) is 16.5. The lowest BCUT2D eigenvalue weighted by atomic mass is 10.0. The largest absolute Gasteiger partial charge is 0.473 e. The Morgan fingerprint density at radius 2 is 1.14 bits per heavy atom. The molecule has 158 valence electrons. The van der Waals surface area contributed by atoms with Crippen molar-refractivity contribution in [2.75, 3.05) is 40.4 Å². The number of carboxylic acid groups (broad SMARTS) is 2. The van der Waals surface area contributed by atoms with E-state index in [1.165, 1.54) is 14.2 Å². The maximum absolute atomic E-state index is 11.0. The summed E-state index contributed by atoms with van der Waals surface area (Å²) in [5.41, 5.74) is 1.48. The zero-order valence-electron chi connectivity index (χ0n) is 16.5. The number of ether oxygens (including phenoxy) is 2. The van der Waals surface area contributed by atoms with Crippen molar-refractivity contribution in [3.63, 3.8) is 0 Å². The first kappa shape index (κ1) is 25.3. The van der Waals surface area contributed by atoms with Gasteiger partial charge in [-0.1, -0.05) is 26.0 Å². The van der Waals surface area contributed by atoms with E-state index in [1.54, 1.807) is 0 Å². The summed E-state index contributed by atoms with van der Waals surface area (Å²) in [5.74, 6) is -3.23. The van der Waals surface area contributed by atoms with Gasteiger partial charge >= 0.3 is 23.9 Å². The number of carboxylic acids is 2. The van der Waals surface area contributed by atoms with Gasteiger partial charge in [-0.15, -0.1) is 0 Å². The molecule has 2 unspecified atom stereocenters. The molecule has 2 rings (SSSR count). The van der Waals surface area contributed by atoms with Crippen LogP contribution in [0.1, 0.15) is 13.8 Å². The zero-order chi connectivity index (χ0) is 21.7. The molecule has 0 bridgehead atoms. The van der Waals surface area contributed by atoms with E-state index in [9.17, 15) is 9.59 Å². The van der Waals surface area contributed by atoms with Crippen LogP contribution < -0.4 is 10.6 Å². The molecule has 0 saturated carbocycles. The van der Waals surface area contributed by atoms with Crippen molar-refractivity contribution in [3.05, 3.63) is 23.3 Å². The van der Waals surface area contributed by atoms with Crippen LogP contribution in [0.25, 0.3) is 0 Å². The SMILES string of the molecule is COC(=O)C1=CC(C)CNC1.COC(=O)C1=CC(C)CNC1.O=C(O)C(=O)O. The quantitative estimate of drug-likeness (QED) is 0.362. The number of nitrogens with one attached hydrogen (secondary N) is 2. The van der Waals surface area contributed by atoms with Gasteiger partial charge in [-0.3, -0.25) is 0 Å². The molecule has 0 amide bonds. The second-order valence-electron chi connectivity index (χ2n) is 6.19. The first-order valence-corrected chi connectivity index (χ1v) is 8.57. The van der Waals surface area contributed by atoms with Crippen LogP contribution in [0.5, 0.6) is 0 Å². The number of aliphatic carboxylic acids is 2. The predicted octanol–water partition coefficient (Wildman–Crippen LogP) is -0.194. The molecule has 2 atom stereocenters. The Bertz CT molecular complexity index is 573. The van der Waals surface area contributed by atoms with Gasteiger partial charge in [0.1, 0.15) is 0 Å². The number of rotatable bonds is 2. The highest BCUT2D eigenvalue weighted by atomic mass is 16.5. The molecule has 28 heavy (non-hydrogen) atoms. The summed E-state index contributed by atoms with van der Waals surface area (Å²) in [6.07, 6.45) is 3.92. The van der Waals surface area contributed by atoms with Crippen molar-refractivity contribution in [1.29, 1.82) is 0 Å². The lowest BCUT2D eigenvalue weighted by Gasteiger charge is -2.17. The highest BCUT2D eigenvalue weighted by molar-refractivity contribution is 6.27. The fourth-order valence-electron chi connectivity index (χ4n) is 2.33. The Hall–Kier alpha value is -2.72. The van der Waals surface area contributed by atoms with Gasteiger partial charge in [0.05, 0.1) is 14.2 Å². The number of carbonyl (C=O) groups excluding carboxylic acids is 2. The summed E-state index contributed by atoms with van der Waals surface area (Å²) in [5, 5.41) is 21.0. The first-order valence-electron chi connectivity index (χ1n) is 8.57. The Morgan fingerprint density at radius 3 is 1.36 bits per heavy atom. The minimum atomic E-state index is -1.82. The molecule has 10 heteroatoms. The molecule has 2 heterocycles. The lowest BCUT2D eigenvalue weighted by molar-refractivity contribution is -0.159. The number of esters is 2. The van der Waals surface area contributed by atoms with E-state index in [0.29, 0.717) is 24.9 Å². The first-order chi connectivity index (χ1) is 13.1. The molecule has 0 aromatic carbocycles. The van der Waals surface area contributed by atoms with Crippen LogP contribution in [0.4, 0.5) is 0 Å². The average Bonchev–Trinajstić information content (AvgIpc) is 2.67. The molecule has 0 aromatic heterocycles. The van der Waals surface area contributed by atoms with Crippen LogP contribution in [0.15, 0.2) is 23.3 Å². The predicted molar refractivity (Wildman–Crippen MR) is 99.5 cm³/mol. The summed E-state index contributed by atoms with van der Waals surface area (Å²) >= 11 is 0. The Morgan fingerprint density at radius 1 is 0.821 bits per heavy atom. The van der Waals surface area contributed by atoms with E-state index in [-0.39, 0.29) is 11.9 Å². The lowest BCUT2D eigenvalue weighted by Crippen LogP contribution is -2.30. The van der Waals surface area contributed by atoms with Gasteiger partial charge in [-0.2, -0.15) is 0 Å². The number of hydrogen-bond acceptors (Lipinski definition) is 8. The van der Waals surface area contributed by atoms with E-state index in [1.807, 2.05) is 12.2 Å². The topological polar surface area (TPSA) is 151 Å². The maximum atomic E-state index is 11.0. The maximum Gasteiger partial charge on any atom is 0.414 e. The van der Waals surface area contributed by atoms with Gasteiger partial charge in [0.25, 0.3) is 0 Å². The molecule has 4 N–H and O–H groups in total. The van der Waals surface area contributed by atoms with Crippen LogP contribution in [0, 0.1) is 11.8 Å². The van der Waals surface area contributed by atoms with E-state index in [4.69, 9.17) is 19.8 Å². The van der Waals surface area contributed by atoms with E-state index >= 15 is 0 Å². The number of hydrogen-bond donors (Lipinski definition) is 4. The third-order valence-electron chi connectivity index (χ3n) is 3.61. The van der Waals surface area contributed by atoms with Crippen LogP contribution in [0.3, 0.4) is 0 Å². The van der Waals surface area contributed by atoms with Crippen molar-refractivity contribution in [1.82, 2.24) is 10.6 Å². The molecule has 2 aliphatic heterocycles. The molecular formula is C18H28N2O8. The minimum absolute atomic E-state index is 0.218.